The Morgan fingerprint density at radius 3 is 2.44 bits per heavy atom. The molecule has 0 radical (unpaired) electrons. The van der Waals surface area contributed by atoms with Gasteiger partial charge in [-0.1, -0.05) is 24.6 Å². The summed E-state index contributed by atoms with van der Waals surface area (Å²) in [6.07, 6.45) is 0.842. The third kappa shape index (κ3) is 4.04. The van der Waals surface area contributed by atoms with Gasteiger partial charge in [0.1, 0.15) is 6.54 Å². The SMILES string of the molecule is CCC(COC)N(CC(=O)O)c1ccc(C)cc1. The third-order valence-corrected chi connectivity index (χ3v) is 2.94. The minimum Gasteiger partial charge on any atom is -0.480 e. The molecule has 0 aromatic heterocycles. The van der Waals surface area contributed by atoms with Gasteiger partial charge in [0.05, 0.1) is 12.6 Å². The molecule has 0 aliphatic heterocycles. The minimum absolute atomic E-state index is 0.00900. The highest BCUT2D eigenvalue weighted by atomic mass is 16.5. The van der Waals surface area contributed by atoms with Gasteiger partial charge < -0.3 is 14.7 Å². The van der Waals surface area contributed by atoms with Crippen LogP contribution in [-0.2, 0) is 9.53 Å². The van der Waals surface area contributed by atoms with Gasteiger partial charge in [-0.25, -0.2) is 0 Å². The first kappa shape index (κ1) is 14.5. The van der Waals surface area contributed by atoms with Gasteiger partial charge in [-0.05, 0) is 25.5 Å². The van der Waals surface area contributed by atoms with Crippen LogP contribution in [-0.4, -0.2) is 37.4 Å². The van der Waals surface area contributed by atoms with E-state index in [1.165, 1.54) is 0 Å². The fourth-order valence-electron chi connectivity index (χ4n) is 1.93. The molecule has 1 aromatic rings. The molecule has 0 amide bonds. The topological polar surface area (TPSA) is 49.8 Å². The molecule has 0 aliphatic carbocycles. The van der Waals surface area contributed by atoms with E-state index in [1.807, 2.05) is 43.0 Å². The molecule has 1 aromatic carbocycles. The number of carbonyl (C=O) groups is 1. The van der Waals surface area contributed by atoms with E-state index in [0.29, 0.717) is 6.61 Å². The lowest BCUT2D eigenvalue weighted by atomic mass is 10.1. The average molecular weight is 251 g/mol. The smallest absolute Gasteiger partial charge is 0.323 e. The molecule has 18 heavy (non-hydrogen) atoms. The summed E-state index contributed by atoms with van der Waals surface area (Å²) in [6.45, 7) is 4.56. The molecule has 0 fully saturated rings. The lowest BCUT2D eigenvalue weighted by Gasteiger charge is -2.31. The molecule has 0 saturated heterocycles. The molecule has 4 nitrogen and oxygen atoms in total. The lowest BCUT2D eigenvalue weighted by Crippen LogP contribution is -2.41. The third-order valence-electron chi connectivity index (χ3n) is 2.94. The molecular formula is C14H21NO3. The van der Waals surface area contributed by atoms with Crippen LogP contribution in [0.1, 0.15) is 18.9 Å². The Hall–Kier alpha value is -1.55. The van der Waals surface area contributed by atoms with Crippen LogP contribution >= 0.6 is 0 Å². The zero-order valence-corrected chi connectivity index (χ0v) is 11.2. The maximum absolute atomic E-state index is 11.0. The number of anilines is 1. The molecule has 1 atom stereocenters. The van der Waals surface area contributed by atoms with Gasteiger partial charge in [0.2, 0.25) is 0 Å². The lowest BCUT2D eigenvalue weighted by molar-refractivity contribution is -0.135. The van der Waals surface area contributed by atoms with E-state index in [9.17, 15) is 4.79 Å². The first-order valence-electron chi connectivity index (χ1n) is 6.12. The van der Waals surface area contributed by atoms with Crippen molar-refractivity contribution >= 4 is 11.7 Å². The second-order valence-electron chi connectivity index (χ2n) is 4.37. The Bertz CT molecular complexity index is 375. The van der Waals surface area contributed by atoms with Crippen molar-refractivity contribution in [1.29, 1.82) is 0 Å². The number of carboxylic acid groups (broad SMARTS) is 1. The van der Waals surface area contributed by atoms with Crippen molar-refractivity contribution in [2.45, 2.75) is 26.3 Å². The van der Waals surface area contributed by atoms with Gasteiger partial charge >= 0.3 is 5.97 Å². The summed E-state index contributed by atoms with van der Waals surface area (Å²) in [5.41, 5.74) is 2.08. The van der Waals surface area contributed by atoms with E-state index < -0.39 is 5.97 Å². The van der Waals surface area contributed by atoms with Crippen LogP contribution in [0, 0.1) is 6.92 Å². The van der Waals surface area contributed by atoms with Crippen molar-refractivity contribution in [3.8, 4) is 0 Å². The number of benzene rings is 1. The number of rotatable bonds is 7. The fraction of sp³-hybridized carbons (Fsp3) is 0.500. The Morgan fingerprint density at radius 1 is 1.39 bits per heavy atom. The maximum atomic E-state index is 11.0. The molecule has 1 rings (SSSR count). The zero-order valence-electron chi connectivity index (χ0n) is 11.2. The van der Waals surface area contributed by atoms with Crippen molar-refractivity contribution in [2.24, 2.45) is 0 Å². The van der Waals surface area contributed by atoms with Crippen LogP contribution in [0.2, 0.25) is 0 Å². The average Bonchev–Trinajstić information content (AvgIpc) is 2.34. The molecule has 0 bridgehead atoms. The number of hydrogen-bond acceptors (Lipinski definition) is 3. The van der Waals surface area contributed by atoms with Gasteiger partial charge in [-0.2, -0.15) is 0 Å². The molecule has 0 saturated carbocycles. The number of carboxylic acids is 1. The van der Waals surface area contributed by atoms with Gasteiger partial charge in [0.15, 0.2) is 0 Å². The van der Waals surface area contributed by atoms with Crippen LogP contribution in [0.15, 0.2) is 24.3 Å². The Kier molecular flexibility index (Phi) is 5.65. The van der Waals surface area contributed by atoms with E-state index >= 15 is 0 Å². The number of methoxy groups -OCH3 is 1. The minimum atomic E-state index is -0.829. The summed E-state index contributed by atoms with van der Waals surface area (Å²) in [7, 11) is 1.64. The van der Waals surface area contributed by atoms with Crippen LogP contribution in [0.4, 0.5) is 5.69 Å². The second-order valence-corrected chi connectivity index (χ2v) is 4.37. The first-order chi connectivity index (χ1) is 8.58. The highest BCUT2D eigenvalue weighted by Gasteiger charge is 2.19. The monoisotopic (exact) mass is 251 g/mol. The number of nitrogens with zero attached hydrogens (tertiary/aromatic N) is 1. The molecule has 1 unspecified atom stereocenters. The molecular weight excluding hydrogens is 230 g/mol. The Morgan fingerprint density at radius 2 is 2.00 bits per heavy atom. The van der Waals surface area contributed by atoms with Gasteiger partial charge in [-0.15, -0.1) is 0 Å². The highest BCUT2D eigenvalue weighted by Crippen LogP contribution is 2.19. The summed E-state index contributed by atoms with van der Waals surface area (Å²) in [6, 6.07) is 7.97. The standard InChI is InChI=1S/C14H21NO3/c1-4-12(10-18-3)15(9-14(16)17)13-7-5-11(2)6-8-13/h5-8,12H,4,9-10H2,1-3H3,(H,16,17). The Labute approximate surface area is 108 Å². The summed E-state index contributed by atoms with van der Waals surface area (Å²) >= 11 is 0. The summed E-state index contributed by atoms with van der Waals surface area (Å²) in [5.74, 6) is -0.829. The molecule has 100 valence electrons. The van der Waals surface area contributed by atoms with Gasteiger partial charge in [-0.3, -0.25) is 4.79 Å². The van der Waals surface area contributed by atoms with Gasteiger partial charge in [0, 0.05) is 12.8 Å². The highest BCUT2D eigenvalue weighted by molar-refractivity contribution is 5.74. The van der Waals surface area contributed by atoms with E-state index in [4.69, 9.17) is 9.84 Å². The molecule has 0 spiro atoms. The van der Waals surface area contributed by atoms with Crippen molar-refractivity contribution < 1.29 is 14.6 Å². The van der Waals surface area contributed by atoms with Crippen molar-refractivity contribution in [2.75, 3.05) is 25.2 Å². The number of hydrogen-bond donors (Lipinski definition) is 1. The van der Waals surface area contributed by atoms with E-state index in [0.717, 1.165) is 17.7 Å². The summed E-state index contributed by atoms with van der Waals surface area (Å²) in [4.78, 5) is 12.9. The normalized spacial score (nSPS) is 12.2. The van der Waals surface area contributed by atoms with E-state index in [2.05, 4.69) is 0 Å². The zero-order chi connectivity index (χ0) is 13.5. The van der Waals surface area contributed by atoms with Crippen LogP contribution < -0.4 is 4.90 Å². The van der Waals surface area contributed by atoms with Crippen LogP contribution in [0.5, 0.6) is 0 Å². The fourth-order valence-corrected chi connectivity index (χ4v) is 1.93. The molecule has 0 aliphatic rings. The molecule has 4 heteroatoms. The van der Waals surface area contributed by atoms with E-state index in [1.54, 1.807) is 7.11 Å². The summed E-state index contributed by atoms with van der Waals surface area (Å²) < 4.78 is 5.17. The number of aryl methyl sites for hydroxylation is 1. The molecule has 1 N–H and O–H groups in total. The second kappa shape index (κ2) is 7.01. The van der Waals surface area contributed by atoms with Crippen LogP contribution in [0.25, 0.3) is 0 Å². The molecule has 0 heterocycles. The predicted molar refractivity (Wildman–Crippen MR) is 72.1 cm³/mol. The predicted octanol–water partition coefficient (Wildman–Crippen LogP) is 2.31. The maximum Gasteiger partial charge on any atom is 0.323 e. The van der Waals surface area contributed by atoms with Crippen molar-refractivity contribution in [3.63, 3.8) is 0 Å². The summed E-state index contributed by atoms with van der Waals surface area (Å²) in [5, 5.41) is 9.03. The van der Waals surface area contributed by atoms with Crippen LogP contribution in [0.3, 0.4) is 0 Å². The largest absolute Gasteiger partial charge is 0.480 e. The quantitative estimate of drug-likeness (QED) is 0.808. The Balaban J connectivity index is 2.95. The van der Waals surface area contributed by atoms with E-state index in [-0.39, 0.29) is 12.6 Å². The number of ether oxygens (including phenoxy) is 1. The van der Waals surface area contributed by atoms with Gasteiger partial charge in [0.25, 0.3) is 0 Å². The van der Waals surface area contributed by atoms with Crippen molar-refractivity contribution in [1.82, 2.24) is 0 Å². The van der Waals surface area contributed by atoms with Crippen molar-refractivity contribution in [3.05, 3.63) is 29.8 Å². The first-order valence-corrected chi connectivity index (χ1v) is 6.12. The number of aliphatic carboxylic acids is 1.